The third-order valence-electron chi connectivity index (χ3n) is 5.64. The summed E-state index contributed by atoms with van der Waals surface area (Å²) in [5.41, 5.74) is 0. The SMILES string of the molecule is CC(C)CNCC1CCCCCC1CC1CCCCC1. The van der Waals surface area contributed by atoms with E-state index < -0.39 is 0 Å². The van der Waals surface area contributed by atoms with Gasteiger partial charge in [0.1, 0.15) is 0 Å². The van der Waals surface area contributed by atoms with Gasteiger partial charge in [0, 0.05) is 0 Å². The Bertz CT molecular complexity index is 242. The van der Waals surface area contributed by atoms with Crippen LogP contribution in [0, 0.1) is 23.7 Å². The lowest BCUT2D eigenvalue weighted by Gasteiger charge is -2.31. The smallest absolute Gasteiger partial charge is 0.00178 e. The molecule has 2 fully saturated rings. The van der Waals surface area contributed by atoms with Crippen LogP contribution < -0.4 is 5.32 Å². The Hall–Kier alpha value is -0.0400. The van der Waals surface area contributed by atoms with Crippen molar-refractivity contribution in [2.45, 2.75) is 84.5 Å². The molecule has 1 heteroatoms. The molecule has 20 heavy (non-hydrogen) atoms. The van der Waals surface area contributed by atoms with Crippen molar-refractivity contribution in [3.8, 4) is 0 Å². The lowest BCUT2D eigenvalue weighted by Crippen LogP contribution is -2.31. The van der Waals surface area contributed by atoms with Gasteiger partial charge in [-0.05, 0) is 49.6 Å². The molecule has 118 valence electrons. The standard InChI is InChI=1S/C19H37N/c1-16(2)14-20-15-19-12-8-4-7-11-18(19)13-17-9-5-3-6-10-17/h16-20H,3-15H2,1-2H3. The molecule has 0 aromatic heterocycles. The van der Waals surface area contributed by atoms with Crippen LogP contribution in [-0.2, 0) is 0 Å². The summed E-state index contributed by atoms with van der Waals surface area (Å²) in [7, 11) is 0. The van der Waals surface area contributed by atoms with Crippen LogP contribution in [-0.4, -0.2) is 13.1 Å². The second kappa shape index (κ2) is 9.07. The van der Waals surface area contributed by atoms with Crippen LogP contribution >= 0.6 is 0 Å². The molecular weight excluding hydrogens is 242 g/mol. The number of rotatable bonds is 6. The van der Waals surface area contributed by atoms with Gasteiger partial charge in [-0.25, -0.2) is 0 Å². The Morgan fingerprint density at radius 3 is 2.05 bits per heavy atom. The summed E-state index contributed by atoms with van der Waals surface area (Å²) in [6.45, 7) is 7.13. The predicted octanol–water partition coefficient (Wildman–Crippen LogP) is 5.40. The summed E-state index contributed by atoms with van der Waals surface area (Å²) < 4.78 is 0. The zero-order chi connectivity index (χ0) is 14.2. The zero-order valence-corrected chi connectivity index (χ0v) is 14.0. The van der Waals surface area contributed by atoms with E-state index in [1.807, 2.05) is 0 Å². The van der Waals surface area contributed by atoms with Gasteiger partial charge in [-0.15, -0.1) is 0 Å². The Kier molecular flexibility index (Phi) is 7.41. The van der Waals surface area contributed by atoms with Gasteiger partial charge in [-0.1, -0.05) is 71.6 Å². The van der Waals surface area contributed by atoms with E-state index in [-0.39, 0.29) is 0 Å². The molecule has 2 unspecified atom stereocenters. The number of hydrogen-bond acceptors (Lipinski definition) is 1. The summed E-state index contributed by atoms with van der Waals surface area (Å²) in [6, 6.07) is 0. The highest BCUT2D eigenvalue weighted by Crippen LogP contribution is 2.37. The molecule has 2 rings (SSSR count). The molecule has 0 radical (unpaired) electrons. The van der Waals surface area contributed by atoms with Crippen LogP contribution in [0.2, 0.25) is 0 Å². The molecule has 1 nitrogen and oxygen atoms in total. The molecule has 0 aromatic rings. The summed E-state index contributed by atoms with van der Waals surface area (Å²) in [5.74, 6) is 3.86. The Labute approximate surface area is 127 Å². The highest BCUT2D eigenvalue weighted by Gasteiger charge is 2.26. The van der Waals surface area contributed by atoms with Crippen molar-refractivity contribution < 1.29 is 0 Å². The second-order valence-corrected chi connectivity index (χ2v) is 7.95. The van der Waals surface area contributed by atoms with Gasteiger partial charge < -0.3 is 5.32 Å². The van der Waals surface area contributed by atoms with Crippen molar-refractivity contribution in [1.82, 2.24) is 5.32 Å². The van der Waals surface area contributed by atoms with Crippen molar-refractivity contribution in [2.24, 2.45) is 23.7 Å². The maximum atomic E-state index is 3.75. The Balaban J connectivity index is 1.80. The lowest BCUT2D eigenvalue weighted by molar-refractivity contribution is 0.213. The molecule has 0 aliphatic heterocycles. The predicted molar refractivity (Wildman–Crippen MR) is 89.0 cm³/mol. The van der Waals surface area contributed by atoms with E-state index in [0.29, 0.717) is 0 Å². The molecule has 0 amide bonds. The molecule has 2 saturated carbocycles. The molecule has 0 aromatic carbocycles. The van der Waals surface area contributed by atoms with E-state index in [4.69, 9.17) is 0 Å². The molecule has 2 aliphatic carbocycles. The summed E-state index contributed by atoms with van der Waals surface area (Å²) in [4.78, 5) is 0. The topological polar surface area (TPSA) is 12.0 Å². The molecule has 0 bridgehead atoms. The monoisotopic (exact) mass is 279 g/mol. The van der Waals surface area contributed by atoms with Crippen LogP contribution in [0.3, 0.4) is 0 Å². The maximum absolute atomic E-state index is 3.75. The highest BCUT2D eigenvalue weighted by atomic mass is 14.9. The third kappa shape index (κ3) is 5.76. The van der Waals surface area contributed by atoms with Crippen LogP contribution in [0.15, 0.2) is 0 Å². The van der Waals surface area contributed by atoms with Crippen molar-refractivity contribution in [1.29, 1.82) is 0 Å². The van der Waals surface area contributed by atoms with Gasteiger partial charge >= 0.3 is 0 Å². The van der Waals surface area contributed by atoms with Crippen molar-refractivity contribution in [3.63, 3.8) is 0 Å². The fourth-order valence-corrected chi connectivity index (χ4v) is 4.45. The quantitative estimate of drug-likeness (QED) is 0.642. The minimum absolute atomic E-state index is 0.789. The van der Waals surface area contributed by atoms with Crippen molar-refractivity contribution in [2.75, 3.05) is 13.1 Å². The zero-order valence-electron chi connectivity index (χ0n) is 14.0. The van der Waals surface area contributed by atoms with Crippen LogP contribution in [0.4, 0.5) is 0 Å². The molecule has 0 saturated heterocycles. The minimum Gasteiger partial charge on any atom is -0.316 e. The molecular formula is C19H37N. The maximum Gasteiger partial charge on any atom is -0.00178 e. The van der Waals surface area contributed by atoms with Crippen LogP contribution in [0.25, 0.3) is 0 Å². The van der Waals surface area contributed by atoms with Gasteiger partial charge in [0.2, 0.25) is 0 Å². The third-order valence-corrected chi connectivity index (χ3v) is 5.64. The van der Waals surface area contributed by atoms with Gasteiger partial charge in [0.15, 0.2) is 0 Å². The lowest BCUT2D eigenvalue weighted by atomic mass is 9.76. The van der Waals surface area contributed by atoms with Gasteiger partial charge in [0.25, 0.3) is 0 Å². The van der Waals surface area contributed by atoms with Crippen LogP contribution in [0.1, 0.15) is 84.5 Å². The van der Waals surface area contributed by atoms with Gasteiger partial charge in [-0.2, -0.15) is 0 Å². The van der Waals surface area contributed by atoms with Crippen molar-refractivity contribution in [3.05, 3.63) is 0 Å². The first-order valence-electron chi connectivity index (χ1n) is 9.46. The molecule has 2 aliphatic rings. The first-order chi connectivity index (χ1) is 9.75. The molecule has 0 heterocycles. The van der Waals surface area contributed by atoms with E-state index in [0.717, 1.165) is 23.7 Å². The fraction of sp³-hybridized carbons (Fsp3) is 1.00. The molecule has 2 atom stereocenters. The molecule has 1 N–H and O–H groups in total. The largest absolute Gasteiger partial charge is 0.316 e. The summed E-state index contributed by atoms with van der Waals surface area (Å²) in [5, 5.41) is 3.75. The molecule has 0 spiro atoms. The fourth-order valence-electron chi connectivity index (χ4n) is 4.45. The number of nitrogens with one attached hydrogen (secondary N) is 1. The first-order valence-corrected chi connectivity index (χ1v) is 9.46. The second-order valence-electron chi connectivity index (χ2n) is 7.95. The van der Waals surface area contributed by atoms with E-state index in [1.54, 1.807) is 6.42 Å². The Morgan fingerprint density at radius 1 is 0.800 bits per heavy atom. The van der Waals surface area contributed by atoms with E-state index in [9.17, 15) is 0 Å². The van der Waals surface area contributed by atoms with Gasteiger partial charge in [0.05, 0.1) is 0 Å². The number of hydrogen-bond donors (Lipinski definition) is 1. The summed E-state index contributed by atoms with van der Waals surface area (Å²) in [6.07, 6.45) is 16.6. The van der Waals surface area contributed by atoms with E-state index >= 15 is 0 Å². The van der Waals surface area contributed by atoms with Crippen LogP contribution in [0.5, 0.6) is 0 Å². The van der Waals surface area contributed by atoms with Crippen molar-refractivity contribution >= 4 is 0 Å². The summed E-state index contributed by atoms with van der Waals surface area (Å²) >= 11 is 0. The van der Waals surface area contributed by atoms with Gasteiger partial charge in [-0.3, -0.25) is 0 Å². The average molecular weight is 280 g/mol. The minimum atomic E-state index is 0.789. The van der Waals surface area contributed by atoms with E-state index in [1.165, 1.54) is 77.3 Å². The highest BCUT2D eigenvalue weighted by molar-refractivity contribution is 4.79. The average Bonchev–Trinajstić information content (AvgIpc) is 2.65. The first kappa shape index (κ1) is 16.3. The Morgan fingerprint density at radius 2 is 1.40 bits per heavy atom. The van der Waals surface area contributed by atoms with E-state index in [2.05, 4.69) is 19.2 Å². The normalized spacial score (nSPS) is 29.6.